The third-order valence-corrected chi connectivity index (χ3v) is 4.22. The number of benzene rings is 2. The fraction of sp³-hybridized carbons (Fsp3) is 0.188. The van der Waals surface area contributed by atoms with Gasteiger partial charge in [-0.3, -0.25) is 0 Å². The quantitative estimate of drug-likeness (QED) is 0.565. The molecule has 0 aliphatic carbocycles. The number of hydrogen-bond donors (Lipinski definition) is 1. The summed E-state index contributed by atoms with van der Waals surface area (Å²) < 4.78 is 12.6. The second-order valence-electron chi connectivity index (χ2n) is 4.87. The van der Waals surface area contributed by atoms with Crippen molar-refractivity contribution in [3.8, 4) is 22.9 Å². The lowest BCUT2D eigenvalue weighted by Gasteiger charge is -2.15. The number of aromatic nitrogens is 4. The van der Waals surface area contributed by atoms with Crippen LogP contribution < -0.4 is 9.47 Å². The normalized spacial score (nSPS) is 10.6. The zero-order valence-electron chi connectivity index (χ0n) is 12.8. The lowest BCUT2D eigenvalue weighted by Crippen LogP contribution is -2.02. The van der Waals surface area contributed by atoms with Gasteiger partial charge < -0.3 is 9.47 Å². The first-order valence-electron chi connectivity index (χ1n) is 7.24. The summed E-state index contributed by atoms with van der Waals surface area (Å²) in [5, 5.41) is 14.7. The van der Waals surface area contributed by atoms with E-state index in [9.17, 15) is 0 Å². The van der Waals surface area contributed by atoms with E-state index in [2.05, 4.69) is 43.2 Å². The van der Waals surface area contributed by atoms with Gasteiger partial charge in [0.05, 0.1) is 10.2 Å². The molecule has 1 heterocycles. The van der Waals surface area contributed by atoms with Gasteiger partial charge >= 0.3 is 0 Å². The van der Waals surface area contributed by atoms with E-state index in [1.807, 2.05) is 43.3 Å². The number of H-pyrrole nitrogens is 1. The first-order valence-corrected chi connectivity index (χ1v) is 8.70. The highest BCUT2D eigenvalue weighted by molar-refractivity contribution is 14.1. The van der Waals surface area contributed by atoms with Gasteiger partial charge in [-0.2, -0.15) is 5.21 Å². The Hall–Kier alpha value is -1.87. The second kappa shape index (κ2) is 7.80. The van der Waals surface area contributed by atoms with Gasteiger partial charge in [0.2, 0.25) is 5.82 Å². The Morgan fingerprint density at radius 2 is 2.08 bits per heavy atom. The summed E-state index contributed by atoms with van der Waals surface area (Å²) in [6.07, 6.45) is 0. The van der Waals surface area contributed by atoms with Gasteiger partial charge in [-0.25, -0.2) is 0 Å². The predicted octanol–water partition coefficient (Wildman–Crippen LogP) is 4.10. The van der Waals surface area contributed by atoms with Crippen LogP contribution in [0.3, 0.4) is 0 Å². The average Bonchev–Trinajstić information content (AvgIpc) is 3.09. The summed E-state index contributed by atoms with van der Waals surface area (Å²) in [4.78, 5) is 0. The fourth-order valence-electron chi connectivity index (χ4n) is 2.17. The van der Waals surface area contributed by atoms with Crippen molar-refractivity contribution < 1.29 is 9.47 Å². The van der Waals surface area contributed by atoms with E-state index in [0.29, 0.717) is 35.6 Å². The van der Waals surface area contributed by atoms with Crippen molar-refractivity contribution in [1.29, 1.82) is 0 Å². The molecule has 0 spiro atoms. The van der Waals surface area contributed by atoms with E-state index in [1.54, 1.807) is 0 Å². The van der Waals surface area contributed by atoms with Crippen LogP contribution in [0.5, 0.6) is 11.5 Å². The first kappa shape index (κ1) is 17.0. The number of nitrogens with one attached hydrogen (secondary N) is 1. The van der Waals surface area contributed by atoms with E-state index in [-0.39, 0.29) is 0 Å². The SMILES string of the molecule is CCOc1cc(-c2nn[nH]n2)cc(I)c1OCc1cccc(Cl)c1. The predicted molar refractivity (Wildman–Crippen MR) is 99.3 cm³/mol. The first-order chi connectivity index (χ1) is 11.7. The lowest BCUT2D eigenvalue weighted by atomic mass is 10.2. The minimum atomic E-state index is 0.401. The van der Waals surface area contributed by atoms with E-state index >= 15 is 0 Å². The van der Waals surface area contributed by atoms with Crippen molar-refractivity contribution in [3.63, 3.8) is 0 Å². The maximum absolute atomic E-state index is 6.01. The molecule has 6 nitrogen and oxygen atoms in total. The van der Waals surface area contributed by atoms with Gasteiger partial charge in [0.25, 0.3) is 0 Å². The summed E-state index contributed by atoms with van der Waals surface area (Å²) in [6, 6.07) is 11.4. The van der Waals surface area contributed by atoms with Crippen LogP contribution in [-0.2, 0) is 6.61 Å². The molecule has 0 aliphatic rings. The van der Waals surface area contributed by atoms with Crippen LogP contribution in [0.25, 0.3) is 11.4 Å². The molecule has 24 heavy (non-hydrogen) atoms. The number of rotatable bonds is 6. The van der Waals surface area contributed by atoms with E-state index < -0.39 is 0 Å². The minimum Gasteiger partial charge on any atom is -0.490 e. The van der Waals surface area contributed by atoms with Crippen LogP contribution in [0.1, 0.15) is 12.5 Å². The Bertz CT molecular complexity index is 827. The summed E-state index contributed by atoms with van der Waals surface area (Å²) in [5.74, 6) is 1.84. The third kappa shape index (κ3) is 3.96. The molecule has 3 aromatic rings. The van der Waals surface area contributed by atoms with Gasteiger partial charge in [0.15, 0.2) is 11.5 Å². The zero-order valence-corrected chi connectivity index (χ0v) is 15.7. The monoisotopic (exact) mass is 456 g/mol. The Kier molecular flexibility index (Phi) is 5.52. The standard InChI is InChI=1S/C16H14ClIN4O2/c1-2-23-14-8-11(16-19-21-22-20-16)7-13(18)15(14)24-9-10-4-3-5-12(17)6-10/h3-8H,2,9H2,1H3,(H,19,20,21,22). The summed E-state index contributed by atoms with van der Waals surface area (Å²) >= 11 is 8.22. The van der Waals surface area contributed by atoms with Gasteiger partial charge in [0, 0.05) is 10.6 Å². The van der Waals surface area contributed by atoms with Crippen LogP contribution in [0.15, 0.2) is 36.4 Å². The molecule has 124 valence electrons. The molecule has 0 fully saturated rings. The lowest BCUT2D eigenvalue weighted by molar-refractivity contribution is 0.267. The third-order valence-electron chi connectivity index (χ3n) is 3.19. The molecule has 0 saturated heterocycles. The Labute approximate surface area is 157 Å². The second-order valence-corrected chi connectivity index (χ2v) is 6.47. The summed E-state index contributed by atoms with van der Waals surface area (Å²) in [6.45, 7) is 2.85. The number of tetrazole rings is 1. The van der Waals surface area contributed by atoms with Crippen molar-refractivity contribution >= 4 is 34.2 Å². The van der Waals surface area contributed by atoms with Crippen LogP contribution >= 0.6 is 34.2 Å². The molecule has 0 amide bonds. The van der Waals surface area contributed by atoms with Crippen LogP contribution in [0.2, 0.25) is 5.02 Å². The molecule has 3 rings (SSSR count). The van der Waals surface area contributed by atoms with Crippen LogP contribution in [0, 0.1) is 3.57 Å². The van der Waals surface area contributed by atoms with Crippen molar-refractivity contribution in [2.24, 2.45) is 0 Å². The molecule has 0 bridgehead atoms. The Morgan fingerprint density at radius 3 is 2.79 bits per heavy atom. The number of halogens is 2. The highest BCUT2D eigenvalue weighted by Crippen LogP contribution is 2.37. The molecule has 0 unspecified atom stereocenters. The van der Waals surface area contributed by atoms with Gasteiger partial charge in [-0.1, -0.05) is 23.7 Å². The van der Waals surface area contributed by atoms with E-state index in [4.69, 9.17) is 21.1 Å². The van der Waals surface area contributed by atoms with Crippen molar-refractivity contribution in [3.05, 3.63) is 50.6 Å². The topological polar surface area (TPSA) is 72.9 Å². The van der Waals surface area contributed by atoms with E-state index in [1.165, 1.54) is 0 Å². The highest BCUT2D eigenvalue weighted by atomic mass is 127. The van der Waals surface area contributed by atoms with Crippen molar-refractivity contribution in [2.45, 2.75) is 13.5 Å². The molecule has 1 aromatic heterocycles. The maximum atomic E-state index is 6.01. The highest BCUT2D eigenvalue weighted by Gasteiger charge is 2.15. The smallest absolute Gasteiger partial charge is 0.204 e. The van der Waals surface area contributed by atoms with Gasteiger partial charge in [-0.15, -0.1) is 10.2 Å². The summed E-state index contributed by atoms with van der Waals surface area (Å²) in [5.41, 5.74) is 1.80. The molecule has 2 aromatic carbocycles. The molecule has 0 atom stereocenters. The summed E-state index contributed by atoms with van der Waals surface area (Å²) in [7, 11) is 0. The molecule has 0 saturated carbocycles. The average molecular weight is 457 g/mol. The van der Waals surface area contributed by atoms with Crippen molar-refractivity contribution in [2.75, 3.05) is 6.61 Å². The Morgan fingerprint density at radius 1 is 1.21 bits per heavy atom. The Balaban J connectivity index is 1.88. The molecule has 0 radical (unpaired) electrons. The fourth-order valence-corrected chi connectivity index (χ4v) is 3.14. The van der Waals surface area contributed by atoms with Crippen LogP contribution in [0.4, 0.5) is 0 Å². The molecular weight excluding hydrogens is 443 g/mol. The van der Waals surface area contributed by atoms with Gasteiger partial charge in [0.1, 0.15) is 6.61 Å². The minimum absolute atomic E-state index is 0.401. The zero-order chi connectivity index (χ0) is 16.9. The maximum Gasteiger partial charge on any atom is 0.204 e. The van der Waals surface area contributed by atoms with Crippen molar-refractivity contribution in [1.82, 2.24) is 20.6 Å². The number of nitrogens with zero attached hydrogens (tertiary/aromatic N) is 3. The molecule has 8 heteroatoms. The number of ether oxygens (including phenoxy) is 2. The molecular formula is C16H14ClIN4O2. The molecule has 0 aliphatic heterocycles. The number of hydrogen-bond acceptors (Lipinski definition) is 5. The van der Waals surface area contributed by atoms with E-state index in [0.717, 1.165) is 14.7 Å². The largest absolute Gasteiger partial charge is 0.490 e. The van der Waals surface area contributed by atoms with Crippen LogP contribution in [-0.4, -0.2) is 27.2 Å². The molecule has 1 N–H and O–H groups in total. The van der Waals surface area contributed by atoms with Gasteiger partial charge in [-0.05, 0) is 64.6 Å². The number of aromatic amines is 1.